The molecule has 3 unspecified atom stereocenters. The number of methoxy groups -OCH3 is 1. The van der Waals surface area contributed by atoms with Gasteiger partial charge in [-0.15, -0.1) is 0 Å². The maximum absolute atomic E-state index is 13.4. The number of nitrogens with zero attached hydrogens (tertiary/aromatic N) is 2. The van der Waals surface area contributed by atoms with Crippen molar-refractivity contribution in [2.45, 2.75) is 52.0 Å². The van der Waals surface area contributed by atoms with Crippen molar-refractivity contribution in [3.8, 4) is 11.8 Å². The number of carbonyl (C=O) groups excluding carboxylic acids is 1. The number of halogens is 1. The minimum absolute atomic E-state index is 0.0234. The molecule has 2 aromatic carbocycles. The van der Waals surface area contributed by atoms with Crippen molar-refractivity contribution in [2.75, 3.05) is 17.7 Å². The number of allylic oxidation sites excluding steroid dienone is 2. The van der Waals surface area contributed by atoms with Gasteiger partial charge >= 0.3 is 6.09 Å². The Morgan fingerprint density at radius 2 is 2.08 bits per heavy atom. The molecule has 0 saturated heterocycles. The van der Waals surface area contributed by atoms with E-state index in [0.29, 0.717) is 52.1 Å². The van der Waals surface area contributed by atoms with Crippen molar-refractivity contribution >= 4 is 44.9 Å². The number of hydrogen-bond acceptors (Lipinski definition) is 6. The lowest BCUT2D eigenvalue weighted by Crippen LogP contribution is -2.32. The third-order valence-electron chi connectivity index (χ3n) is 7.13. The van der Waals surface area contributed by atoms with Crippen LogP contribution in [0.25, 0.3) is 0 Å². The first-order valence-corrected chi connectivity index (χ1v) is 13.5. The summed E-state index contributed by atoms with van der Waals surface area (Å²) in [6.07, 6.45) is 1.89. The van der Waals surface area contributed by atoms with E-state index in [1.54, 1.807) is 13.2 Å². The topological polar surface area (TPSA) is 124 Å². The van der Waals surface area contributed by atoms with Crippen LogP contribution in [0.1, 0.15) is 56.6 Å². The molecule has 0 spiro atoms. The predicted molar refractivity (Wildman–Crippen MR) is 151 cm³/mol. The highest BCUT2D eigenvalue weighted by Gasteiger charge is 2.41. The Hall–Kier alpha value is -3.64. The molecule has 9 heteroatoms. The van der Waals surface area contributed by atoms with Gasteiger partial charge in [-0.1, -0.05) is 25.5 Å². The van der Waals surface area contributed by atoms with E-state index in [1.165, 1.54) is 0 Å². The molecular weight excluding hydrogens is 548 g/mol. The van der Waals surface area contributed by atoms with E-state index in [0.717, 1.165) is 29.9 Å². The number of hydrogen-bond donors (Lipinski definition) is 3. The highest BCUT2D eigenvalue weighted by Crippen LogP contribution is 2.47. The second-order valence-electron chi connectivity index (χ2n) is 9.74. The third kappa shape index (κ3) is 5.76. The summed E-state index contributed by atoms with van der Waals surface area (Å²) < 4.78 is 5.91. The Morgan fingerprint density at radius 3 is 2.76 bits per heavy atom. The van der Waals surface area contributed by atoms with Crippen LogP contribution >= 0.6 is 15.9 Å². The van der Waals surface area contributed by atoms with Crippen molar-refractivity contribution in [3.63, 3.8) is 0 Å². The molecule has 1 amide bonds. The fourth-order valence-corrected chi connectivity index (χ4v) is 6.07. The third-order valence-corrected chi connectivity index (χ3v) is 7.75. The van der Waals surface area contributed by atoms with Gasteiger partial charge in [0.25, 0.3) is 0 Å². The Morgan fingerprint density at radius 1 is 1.29 bits per heavy atom. The molecule has 8 nitrogen and oxygen atoms in total. The summed E-state index contributed by atoms with van der Waals surface area (Å²) in [5, 5.41) is 25.5. The van der Waals surface area contributed by atoms with E-state index in [-0.39, 0.29) is 11.7 Å². The summed E-state index contributed by atoms with van der Waals surface area (Å²) >= 11 is 3.61. The summed E-state index contributed by atoms with van der Waals surface area (Å²) in [6, 6.07) is 13.5. The Balaban J connectivity index is 1.75. The molecule has 0 saturated carbocycles. The summed E-state index contributed by atoms with van der Waals surface area (Å²) in [6.45, 7) is 4.36. The zero-order valence-corrected chi connectivity index (χ0v) is 23.3. The van der Waals surface area contributed by atoms with E-state index in [9.17, 15) is 20.0 Å². The van der Waals surface area contributed by atoms with Gasteiger partial charge in [-0.05, 0) is 77.0 Å². The van der Waals surface area contributed by atoms with Gasteiger partial charge in [-0.2, -0.15) is 5.26 Å². The quantitative estimate of drug-likeness (QED) is 0.313. The van der Waals surface area contributed by atoms with Crippen molar-refractivity contribution < 1.29 is 19.4 Å². The fourth-order valence-electron chi connectivity index (χ4n) is 5.45. The van der Waals surface area contributed by atoms with Crippen molar-refractivity contribution in [3.05, 3.63) is 63.3 Å². The molecule has 38 heavy (non-hydrogen) atoms. The second kappa shape index (κ2) is 11.8. The number of rotatable bonds is 8. The molecule has 0 fully saturated rings. The van der Waals surface area contributed by atoms with Gasteiger partial charge in [0, 0.05) is 40.3 Å². The molecule has 0 aromatic heterocycles. The summed E-state index contributed by atoms with van der Waals surface area (Å²) in [5.74, 6) is -0.153. The Bertz CT molecular complexity index is 1360. The standard InChI is InChI=1S/C29H31BrN4O4/c1-4-6-17-10-23-27(25(35)11-17)26(21(14-31)16(2)33-23)19-12-22(30)28(24(13-19)34-29(36)37)32-15-18-7-5-8-20(9-18)38-3/h5,7-9,12-13,17,21,26,32,34H,4,6,10-11,15H2,1-3H3,(H,36,37). The minimum atomic E-state index is -1.22. The number of nitrogens with one attached hydrogen (secondary N) is 2. The van der Waals surface area contributed by atoms with Crippen LogP contribution < -0.4 is 15.4 Å². The summed E-state index contributed by atoms with van der Waals surface area (Å²) in [5.41, 5.74) is 4.54. The highest BCUT2D eigenvalue weighted by molar-refractivity contribution is 9.10. The van der Waals surface area contributed by atoms with Gasteiger partial charge in [0.05, 0.1) is 30.5 Å². The molecule has 3 N–H and O–H groups in total. The molecular formula is C29H31BrN4O4. The first-order chi connectivity index (χ1) is 18.2. The molecule has 198 valence electrons. The zero-order chi connectivity index (χ0) is 27.4. The van der Waals surface area contributed by atoms with Crippen LogP contribution in [0.2, 0.25) is 0 Å². The molecule has 2 aromatic rings. The largest absolute Gasteiger partial charge is 0.497 e. The lowest BCUT2D eigenvalue weighted by molar-refractivity contribution is -0.117. The maximum atomic E-state index is 13.4. The van der Waals surface area contributed by atoms with Gasteiger partial charge in [0.1, 0.15) is 5.75 Å². The monoisotopic (exact) mass is 578 g/mol. The number of nitriles is 1. The Kier molecular flexibility index (Phi) is 8.52. The average molecular weight is 579 g/mol. The Labute approximate surface area is 230 Å². The normalized spacial score (nSPS) is 20.8. The number of anilines is 2. The highest BCUT2D eigenvalue weighted by atomic mass is 79.9. The summed E-state index contributed by atoms with van der Waals surface area (Å²) in [4.78, 5) is 29.8. The number of benzene rings is 2. The van der Waals surface area contributed by atoms with E-state index in [2.05, 4.69) is 39.6 Å². The molecule has 1 aliphatic heterocycles. The molecule has 4 rings (SSSR count). The van der Waals surface area contributed by atoms with Crippen LogP contribution in [0, 0.1) is 23.2 Å². The van der Waals surface area contributed by atoms with Gasteiger partial charge < -0.3 is 15.2 Å². The van der Waals surface area contributed by atoms with E-state index < -0.39 is 17.9 Å². The average Bonchev–Trinajstić information content (AvgIpc) is 2.87. The molecule has 2 aliphatic rings. The van der Waals surface area contributed by atoms with Crippen molar-refractivity contribution in [1.29, 1.82) is 5.26 Å². The van der Waals surface area contributed by atoms with E-state index in [4.69, 9.17) is 9.73 Å². The number of ether oxygens (including phenoxy) is 1. The van der Waals surface area contributed by atoms with Gasteiger partial charge in [0.2, 0.25) is 0 Å². The van der Waals surface area contributed by atoms with Crippen molar-refractivity contribution in [1.82, 2.24) is 0 Å². The van der Waals surface area contributed by atoms with E-state index in [1.807, 2.05) is 37.3 Å². The molecule has 3 atom stereocenters. The maximum Gasteiger partial charge on any atom is 0.409 e. The van der Waals surface area contributed by atoms with Crippen LogP contribution in [0.15, 0.2) is 57.1 Å². The van der Waals surface area contributed by atoms with Gasteiger partial charge in [0.15, 0.2) is 5.78 Å². The number of carbonyl (C=O) groups is 2. The minimum Gasteiger partial charge on any atom is -0.497 e. The van der Waals surface area contributed by atoms with Crippen LogP contribution in [-0.2, 0) is 11.3 Å². The van der Waals surface area contributed by atoms with E-state index >= 15 is 0 Å². The molecule has 1 aliphatic carbocycles. The smallest absolute Gasteiger partial charge is 0.409 e. The number of ketones is 1. The zero-order valence-electron chi connectivity index (χ0n) is 21.7. The van der Waals surface area contributed by atoms with Gasteiger partial charge in [-0.3, -0.25) is 15.1 Å². The number of aliphatic imine (C=N–C) groups is 1. The molecule has 1 heterocycles. The number of Topliss-reactive ketones (excluding diaryl/α,β-unsaturated/α-hetero) is 1. The van der Waals surface area contributed by atoms with Crippen LogP contribution in [0.3, 0.4) is 0 Å². The summed E-state index contributed by atoms with van der Waals surface area (Å²) in [7, 11) is 1.60. The lowest BCUT2D eigenvalue weighted by Gasteiger charge is -2.35. The first-order valence-electron chi connectivity index (χ1n) is 12.7. The SMILES string of the molecule is CCCC1CC(=O)C2=C(C1)N=C(C)C(C#N)C2c1cc(Br)c(NCc2cccc(OC)c2)c(NC(=O)O)c1. The van der Waals surface area contributed by atoms with Crippen molar-refractivity contribution in [2.24, 2.45) is 16.8 Å². The number of amides is 1. The fraction of sp³-hybridized carbons (Fsp3) is 0.379. The van der Waals surface area contributed by atoms with Gasteiger partial charge in [-0.25, -0.2) is 4.79 Å². The number of carboxylic acid groups (broad SMARTS) is 1. The lowest BCUT2D eigenvalue weighted by atomic mass is 9.70. The van der Waals surface area contributed by atoms with Crippen LogP contribution in [0.5, 0.6) is 5.75 Å². The predicted octanol–water partition coefficient (Wildman–Crippen LogP) is 6.89. The van der Waals surface area contributed by atoms with Crippen LogP contribution in [0.4, 0.5) is 16.2 Å². The molecule has 0 bridgehead atoms. The second-order valence-corrected chi connectivity index (χ2v) is 10.6. The first kappa shape index (κ1) is 27.4. The molecule has 0 radical (unpaired) electrons. The van der Waals surface area contributed by atoms with Crippen LogP contribution in [-0.4, -0.2) is 29.8 Å².